The van der Waals surface area contributed by atoms with Crippen LogP contribution in [0.5, 0.6) is 0 Å². The van der Waals surface area contributed by atoms with Crippen LogP contribution in [0.3, 0.4) is 0 Å². The molecule has 0 aromatic heterocycles. The van der Waals surface area contributed by atoms with Crippen molar-refractivity contribution >= 4 is 28.2 Å². The van der Waals surface area contributed by atoms with Crippen LogP contribution in [0, 0.1) is 5.41 Å². The number of anilines is 3. The zero-order chi connectivity index (χ0) is 39.1. The Kier molecular flexibility index (Phi) is 7.69. The molecule has 0 bridgehead atoms. The Hall–Kier alpha value is -6.70. The summed E-state index contributed by atoms with van der Waals surface area (Å²) >= 11 is 0. The Bertz CT molecular complexity index is 2840. The third-order valence-electron chi connectivity index (χ3n) is 14.0. The van der Waals surface area contributed by atoms with Crippen molar-refractivity contribution in [1.29, 1.82) is 0 Å². The predicted octanol–water partition coefficient (Wildman–Crippen LogP) is 14.3. The fourth-order valence-corrected chi connectivity index (χ4v) is 11.0. The first-order chi connectivity index (χ1) is 28.4. The quantitative estimate of drug-likeness (QED) is 0.164. The molecule has 0 fully saturated rings. The highest BCUT2D eigenvalue weighted by molar-refractivity contribution is 6.06. The van der Waals surface area contributed by atoms with Crippen molar-refractivity contribution in [3.05, 3.63) is 256 Å². The van der Waals surface area contributed by atoms with Crippen LogP contribution in [0.25, 0.3) is 22.3 Å². The molecule has 1 nitrogen and oxygen atoms in total. The van der Waals surface area contributed by atoms with Crippen molar-refractivity contribution in [2.24, 2.45) is 5.41 Å². The third kappa shape index (κ3) is 4.77. The van der Waals surface area contributed by atoms with Crippen LogP contribution < -0.4 is 4.90 Å². The highest BCUT2D eigenvalue weighted by Crippen LogP contribution is 2.64. The lowest BCUT2D eigenvalue weighted by molar-refractivity contribution is 0.266. The summed E-state index contributed by atoms with van der Waals surface area (Å²) in [4.78, 5) is 2.39. The fourth-order valence-electron chi connectivity index (χ4n) is 11.0. The average molecular weight is 744 g/mol. The minimum Gasteiger partial charge on any atom is -0.311 e. The summed E-state index contributed by atoms with van der Waals surface area (Å²) in [5.74, 6) is 0. The maximum atomic E-state index is 2.50. The SMILES string of the molecule is CC12Cc3ccccc3C(c3ccc(N(c4ccccc4)c4ccc(C5(c6ccccc6)c6ccccc6-c6ccccc65)cc4)cc3)=C1c1ccccc1C2(C)C. The first-order valence-electron chi connectivity index (χ1n) is 20.7. The molecule has 0 aliphatic heterocycles. The Labute approximate surface area is 342 Å². The summed E-state index contributed by atoms with van der Waals surface area (Å²) < 4.78 is 0. The number of hydrogen-bond acceptors (Lipinski definition) is 1. The van der Waals surface area contributed by atoms with Gasteiger partial charge in [-0.2, -0.15) is 0 Å². The molecule has 8 aromatic carbocycles. The van der Waals surface area contributed by atoms with Crippen molar-refractivity contribution in [2.45, 2.75) is 38.0 Å². The average Bonchev–Trinajstić information content (AvgIpc) is 3.67. The number of nitrogens with zero attached hydrogens (tertiary/aromatic N) is 1. The predicted molar refractivity (Wildman–Crippen MR) is 242 cm³/mol. The molecule has 0 saturated carbocycles. The van der Waals surface area contributed by atoms with Gasteiger partial charge in [0.25, 0.3) is 0 Å². The number of benzene rings is 8. The first-order valence-corrected chi connectivity index (χ1v) is 20.7. The van der Waals surface area contributed by atoms with Crippen LogP contribution in [-0.4, -0.2) is 0 Å². The van der Waals surface area contributed by atoms with E-state index in [-0.39, 0.29) is 10.8 Å². The lowest BCUT2D eigenvalue weighted by Gasteiger charge is -2.44. The van der Waals surface area contributed by atoms with Gasteiger partial charge in [0.1, 0.15) is 0 Å². The smallest absolute Gasteiger partial charge is 0.0713 e. The van der Waals surface area contributed by atoms with E-state index in [1.807, 2.05) is 0 Å². The van der Waals surface area contributed by atoms with Gasteiger partial charge in [0.2, 0.25) is 0 Å². The van der Waals surface area contributed by atoms with E-state index >= 15 is 0 Å². The zero-order valence-corrected chi connectivity index (χ0v) is 33.3. The van der Waals surface area contributed by atoms with Crippen molar-refractivity contribution < 1.29 is 0 Å². The second-order valence-corrected chi connectivity index (χ2v) is 17.1. The Morgan fingerprint density at radius 1 is 0.379 bits per heavy atom. The minimum atomic E-state index is -0.431. The Balaban J connectivity index is 1.05. The number of fused-ring (bicyclic) bond motifs is 7. The highest BCUT2D eigenvalue weighted by atomic mass is 15.1. The minimum absolute atomic E-state index is 0.00430. The highest BCUT2D eigenvalue weighted by Gasteiger charge is 2.55. The second kappa shape index (κ2) is 12.9. The molecule has 3 aliphatic carbocycles. The number of allylic oxidation sites excluding steroid dienone is 1. The van der Waals surface area contributed by atoms with Crippen LogP contribution in [0.1, 0.15) is 70.8 Å². The Morgan fingerprint density at radius 2 is 0.828 bits per heavy atom. The van der Waals surface area contributed by atoms with Crippen molar-refractivity contribution in [3.8, 4) is 11.1 Å². The van der Waals surface area contributed by atoms with Crippen LogP contribution in [-0.2, 0) is 17.3 Å². The lowest BCUT2D eigenvalue weighted by Crippen LogP contribution is -2.38. The number of para-hydroxylation sites is 1. The molecule has 0 N–H and O–H groups in total. The second-order valence-electron chi connectivity index (χ2n) is 17.1. The third-order valence-corrected chi connectivity index (χ3v) is 14.0. The molecule has 1 unspecified atom stereocenters. The molecular weight excluding hydrogens is 699 g/mol. The Morgan fingerprint density at radius 3 is 1.45 bits per heavy atom. The normalized spacial score (nSPS) is 17.8. The van der Waals surface area contributed by atoms with Crippen LogP contribution in [0.2, 0.25) is 0 Å². The molecule has 0 radical (unpaired) electrons. The lowest BCUT2D eigenvalue weighted by atomic mass is 9.59. The summed E-state index contributed by atoms with van der Waals surface area (Å²) in [6, 6.07) is 76.6. The van der Waals surface area contributed by atoms with E-state index in [0.717, 1.165) is 23.5 Å². The molecular formula is C57H45N. The van der Waals surface area contributed by atoms with E-state index in [1.165, 1.54) is 72.3 Å². The van der Waals surface area contributed by atoms with E-state index in [4.69, 9.17) is 0 Å². The summed E-state index contributed by atoms with van der Waals surface area (Å²) in [6.45, 7) is 7.39. The van der Waals surface area contributed by atoms with E-state index in [9.17, 15) is 0 Å². The summed E-state index contributed by atoms with van der Waals surface area (Å²) in [6.07, 6.45) is 1.03. The molecule has 58 heavy (non-hydrogen) atoms. The van der Waals surface area contributed by atoms with Gasteiger partial charge < -0.3 is 4.90 Å². The van der Waals surface area contributed by atoms with E-state index in [0.29, 0.717) is 0 Å². The van der Waals surface area contributed by atoms with Crippen molar-refractivity contribution in [1.82, 2.24) is 0 Å². The molecule has 0 heterocycles. The molecule has 0 amide bonds. The standard InChI is InChI=1S/C57H45N/c1-55(2)50-27-15-14-26-49(50)54-53(46-23-11-10-18-40(46)38-56(54,55)3)39-30-34-44(35-31-39)58(43-21-8-5-9-22-43)45-36-32-42(33-37-45)57(41-19-6-4-7-20-41)51-28-16-12-24-47(51)48-25-13-17-29-52(48)57/h4-37H,38H2,1-3H3. The first kappa shape index (κ1) is 34.5. The van der Waals surface area contributed by atoms with Gasteiger partial charge in [-0.1, -0.05) is 191 Å². The largest absolute Gasteiger partial charge is 0.311 e. The molecule has 11 rings (SSSR count). The van der Waals surface area contributed by atoms with E-state index in [1.54, 1.807) is 0 Å². The maximum absolute atomic E-state index is 2.50. The zero-order valence-electron chi connectivity index (χ0n) is 33.3. The van der Waals surface area contributed by atoms with Gasteiger partial charge in [-0.05, 0) is 115 Å². The van der Waals surface area contributed by atoms with Crippen molar-refractivity contribution in [3.63, 3.8) is 0 Å². The van der Waals surface area contributed by atoms with Gasteiger partial charge in [0, 0.05) is 27.9 Å². The van der Waals surface area contributed by atoms with Gasteiger partial charge >= 0.3 is 0 Å². The van der Waals surface area contributed by atoms with Crippen LogP contribution in [0.4, 0.5) is 17.1 Å². The van der Waals surface area contributed by atoms with Crippen molar-refractivity contribution in [2.75, 3.05) is 4.90 Å². The van der Waals surface area contributed by atoms with E-state index < -0.39 is 5.41 Å². The summed E-state index contributed by atoms with van der Waals surface area (Å²) in [5, 5.41) is 0. The van der Waals surface area contributed by atoms with Gasteiger partial charge in [-0.25, -0.2) is 0 Å². The topological polar surface area (TPSA) is 3.24 Å². The monoisotopic (exact) mass is 743 g/mol. The number of rotatable bonds is 6. The summed E-state index contributed by atoms with van der Waals surface area (Å²) in [7, 11) is 0. The van der Waals surface area contributed by atoms with Crippen LogP contribution >= 0.6 is 0 Å². The summed E-state index contributed by atoms with van der Waals surface area (Å²) in [5.41, 5.74) is 20.5. The molecule has 1 atom stereocenters. The van der Waals surface area contributed by atoms with E-state index in [2.05, 4.69) is 232 Å². The van der Waals surface area contributed by atoms with Gasteiger partial charge in [-0.3, -0.25) is 0 Å². The fraction of sp³-hybridized carbons (Fsp3) is 0.123. The molecule has 1 heteroatoms. The molecule has 0 saturated heterocycles. The number of hydrogen-bond donors (Lipinski definition) is 0. The molecule has 278 valence electrons. The molecule has 8 aromatic rings. The van der Waals surface area contributed by atoms with Crippen LogP contribution in [0.15, 0.2) is 206 Å². The van der Waals surface area contributed by atoms with Gasteiger partial charge in [0.05, 0.1) is 5.41 Å². The molecule has 0 spiro atoms. The maximum Gasteiger partial charge on any atom is 0.0713 e. The van der Waals surface area contributed by atoms with Gasteiger partial charge in [-0.15, -0.1) is 0 Å². The van der Waals surface area contributed by atoms with Gasteiger partial charge in [0.15, 0.2) is 0 Å². The molecule has 3 aliphatic rings.